The van der Waals surface area contributed by atoms with Gasteiger partial charge in [-0.05, 0) is 31.9 Å². The van der Waals surface area contributed by atoms with Gasteiger partial charge in [0.05, 0.1) is 1.37 Å². The standard InChI is InChI=1S/C11H15N/c1-9(2)12-8-7-10-5-3-4-6-11(10)12/h3-6,9H,7-8H2,1-2H3/i5T. The number of rotatable bonds is 1. The third-order valence-corrected chi connectivity index (χ3v) is 2.45. The number of fused-ring (bicyclic) bond motifs is 1. The normalized spacial score (nSPS) is 16.6. The van der Waals surface area contributed by atoms with Gasteiger partial charge in [-0.15, -0.1) is 0 Å². The number of anilines is 1. The first-order valence-electron chi connectivity index (χ1n) is 5.05. The molecular formula is C11H15N. The monoisotopic (exact) mass is 163 g/mol. The number of benzene rings is 1. The van der Waals surface area contributed by atoms with E-state index in [-0.39, 0.29) is 0 Å². The lowest BCUT2D eigenvalue weighted by Gasteiger charge is -2.23. The van der Waals surface area contributed by atoms with E-state index in [0.29, 0.717) is 12.1 Å². The molecule has 1 aromatic carbocycles. The maximum absolute atomic E-state index is 7.76. The van der Waals surface area contributed by atoms with Crippen molar-refractivity contribution in [2.45, 2.75) is 26.3 Å². The van der Waals surface area contributed by atoms with Gasteiger partial charge in [-0.2, -0.15) is 0 Å². The Bertz CT molecular complexity index is 320. The zero-order valence-corrected chi connectivity index (χ0v) is 7.67. The molecule has 1 heterocycles. The quantitative estimate of drug-likeness (QED) is 0.614. The summed E-state index contributed by atoms with van der Waals surface area (Å²) in [6, 6.07) is 7.22. The molecule has 0 bridgehead atoms. The molecule has 0 aromatic heterocycles. The molecule has 1 aliphatic heterocycles. The van der Waals surface area contributed by atoms with Crippen molar-refractivity contribution in [2.24, 2.45) is 0 Å². The molecule has 0 atom stereocenters. The van der Waals surface area contributed by atoms with Gasteiger partial charge in [0, 0.05) is 18.3 Å². The van der Waals surface area contributed by atoms with Crippen LogP contribution >= 0.6 is 0 Å². The second-order valence-electron chi connectivity index (χ2n) is 3.57. The molecule has 1 heteroatoms. The van der Waals surface area contributed by atoms with Gasteiger partial charge in [-0.3, -0.25) is 0 Å². The van der Waals surface area contributed by atoms with Crippen molar-refractivity contribution in [1.29, 1.82) is 0 Å². The summed E-state index contributed by atoms with van der Waals surface area (Å²) in [7, 11) is 0. The molecule has 1 aromatic rings. The summed E-state index contributed by atoms with van der Waals surface area (Å²) in [6.45, 7) is 5.47. The molecule has 2 rings (SSSR count). The predicted molar refractivity (Wildman–Crippen MR) is 52.6 cm³/mol. The van der Waals surface area contributed by atoms with Crippen LogP contribution in [0.2, 0.25) is 0 Å². The Balaban J connectivity index is 2.43. The highest BCUT2D eigenvalue weighted by molar-refractivity contribution is 5.58. The summed E-state index contributed by atoms with van der Waals surface area (Å²) in [5.41, 5.74) is 2.48. The summed E-state index contributed by atoms with van der Waals surface area (Å²) in [5, 5.41) is 0. The highest BCUT2D eigenvalue weighted by atomic mass is 15.2. The van der Waals surface area contributed by atoms with Crippen LogP contribution in [0.15, 0.2) is 24.2 Å². The van der Waals surface area contributed by atoms with Gasteiger partial charge in [0.2, 0.25) is 0 Å². The summed E-state index contributed by atoms with van der Waals surface area (Å²) in [6.07, 6.45) is 1.03. The van der Waals surface area contributed by atoms with Crippen molar-refractivity contribution < 1.29 is 1.37 Å². The molecule has 0 aliphatic carbocycles. The van der Waals surface area contributed by atoms with E-state index in [1.807, 2.05) is 12.1 Å². The first-order valence-corrected chi connectivity index (χ1v) is 4.55. The number of para-hydroxylation sites is 1. The molecule has 0 unspecified atom stereocenters. The molecule has 1 nitrogen and oxygen atoms in total. The van der Waals surface area contributed by atoms with Crippen LogP contribution in [0, 0.1) is 0 Å². The summed E-state index contributed by atoms with van der Waals surface area (Å²) in [4.78, 5) is 2.37. The van der Waals surface area contributed by atoms with Crippen molar-refractivity contribution in [3.63, 3.8) is 0 Å². The molecule has 0 saturated carbocycles. The lowest BCUT2D eigenvalue weighted by molar-refractivity contribution is 0.710. The SMILES string of the molecule is [3H]c1cccc2c1CCN2C(C)C. The zero-order chi connectivity index (χ0) is 9.42. The van der Waals surface area contributed by atoms with Crippen LogP contribution < -0.4 is 4.90 Å². The molecule has 0 radical (unpaired) electrons. The zero-order valence-electron chi connectivity index (χ0n) is 8.67. The minimum absolute atomic E-state index is 0.544. The lowest BCUT2D eigenvalue weighted by Crippen LogP contribution is -2.28. The Hall–Kier alpha value is -0.980. The fourth-order valence-corrected chi connectivity index (χ4v) is 1.82. The fraction of sp³-hybridized carbons (Fsp3) is 0.455. The van der Waals surface area contributed by atoms with Gasteiger partial charge in [0.15, 0.2) is 0 Å². The van der Waals surface area contributed by atoms with Gasteiger partial charge in [-0.1, -0.05) is 18.2 Å². The molecule has 1 aliphatic rings. The molecule has 0 N–H and O–H groups in total. The van der Waals surface area contributed by atoms with Crippen LogP contribution in [0.1, 0.15) is 20.8 Å². The van der Waals surface area contributed by atoms with Gasteiger partial charge >= 0.3 is 0 Å². The lowest BCUT2D eigenvalue weighted by atomic mass is 10.2. The Kier molecular flexibility index (Phi) is 1.53. The highest BCUT2D eigenvalue weighted by Gasteiger charge is 2.19. The largest absolute Gasteiger partial charge is 0.369 e. The predicted octanol–water partition coefficient (Wildman–Crippen LogP) is 2.46. The Morgan fingerprint density at radius 1 is 1.50 bits per heavy atom. The van der Waals surface area contributed by atoms with Gasteiger partial charge in [-0.25, -0.2) is 0 Å². The van der Waals surface area contributed by atoms with Gasteiger partial charge in [0.1, 0.15) is 0 Å². The summed E-state index contributed by atoms with van der Waals surface area (Å²) >= 11 is 0. The second kappa shape index (κ2) is 2.81. The maximum atomic E-state index is 7.76. The summed E-state index contributed by atoms with van der Waals surface area (Å²) < 4.78 is 7.76. The third-order valence-electron chi connectivity index (χ3n) is 2.45. The van der Waals surface area contributed by atoms with E-state index in [0.717, 1.165) is 13.0 Å². The Labute approximate surface area is 75.4 Å². The van der Waals surface area contributed by atoms with Crippen molar-refractivity contribution in [3.05, 3.63) is 29.8 Å². The molecule has 0 spiro atoms. The molecule has 0 saturated heterocycles. The summed E-state index contributed by atoms with van der Waals surface area (Å²) in [5.74, 6) is 0. The molecular weight excluding hydrogens is 146 g/mol. The third kappa shape index (κ3) is 1.09. The Morgan fingerprint density at radius 3 is 3.08 bits per heavy atom. The number of hydrogen-bond donors (Lipinski definition) is 0. The van der Waals surface area contributed by atoms with E-state index in [1.165, 1.54) is 11.3 Å². The first kappa shape index (κ1) is 6.53. The fourth-order valence-electron chi connectivity index (χ4n) is 1.82. The van der Waals surface area contributed by atoms with E-state index >= 15 is 0 Å². The Morgan fingerprint density at radius 2 is 2.33 bits per heavy atom. The van der Waals surface area contributed by atoms with Crippen molar-refractivity contribution >= 4 is 5.69 Å². The van der Waals surface area contributed by atoms with E-state index in [2.05, 4.69) is 24.8 Å². The number of hydrogen-bond acceptors (Lipinski definition) is 1. The van der Waals surface area contributed by atoms with E-state index in [4.69, 9.17) is 1.37 Å². The topological polar surface area (TPSA) is 3.24 Å². The smallest absolute Gasteiger partial charge is 0.0626 e. The van der Waals surface area contributed by atoms with Crippen LogP contribution in [-0.2, 0) is 6.42 Å². The molecule has 64 valence electrons. The minimum Gasteiger partial charge on any atom is -0.369 e. The minimum atomic E-state index is 0.544. The van der Waals surface area contributed by atoms with Gasteiger partial charge < -0.3 is 4.90 Å². The first-order chi connectivity index (χ1) is 6.20. The van der Waals surface area contributed by atoms with Crippen LogP contribution in [0.25, 0.3) is 0 Å². The maximum Gasteiger partial charge on any atom is 0.0626 e. The van der Waals surface area contributed by atoms with E-state index < -0.39 is 0 Å². The van der Waals surface area contributed by atoms with Crippen LogP contribution in [0.4, 0.5) is 5.69 Å². The molecule has 12 heavy (non-hydrogen) atoms. The number of nitrogens with zero attached hydrogens (tertiary/aromatic N) is 1. The molecule has 0 fully saturated rings. The second-order valence-corrected chi connectivity index (χ2v) is 3.57. The van der Waals surface area contributed by atoms with Gasteiger partial charge in [0.25, 0.3) is 0 Å². The average Bonchev–Trinajstić information content (AvgIpc) is 2.48. The van der Waals surface area contributed by atoms with Crippen LogP contribution in [0.5, 0.6) is 0 Å². The van der Waals surface area contributed by atoms with Crippen molar-refractivity contribution in [2.75, 3.05) is 11.4 Å². The molecule has 0 amide bonds. The average molecular weight is 163 g/mol. The van der Waals surface area contributed by atoms with Crippen molar-refractivity contribution in [3.8, 4) is 0 Å². The van der Waals surface area contributed by atoms with Crippen LogP contribution in [-0.4, -0.2) is 12.6 Å². The van der Waals surface area contributed by atoms with E-state index in [9.17, 15) is 0 Å². The highest BCUT2D eigenvalue weighted by Crippen LogP contribution is 2.28. The van der Waals surface area contributed by atoms with Crippen molar-refractivity contribution in [1.82, 2.24) is 0 Å². The van der Waals surface area contributed by atoms with E-state index in [1.54, 1.807) is 0 Å². The van der Waals surface area contributed by atoms with Crippen LogP contribution in [0.3, 0.4) is 0 Å².